The molecular formula is C22H19ClN4O2S. The number of nitrogens with zero attached hydrogens (tertiary/aromatic N) is 1. The number of hydrogen-bond donors (Lipinski definition) is 3. The molecule has 0 aliphatic carbocycles. The van der Waals surface area contributed by atoms with E-state index in [-0.39, 0.29) is 24.7 Å². The molecule has 0 fully saturated rings. The van der Waals surface area contributed by atoms with Gasteiger partial charge in [-0.15, -0.1) is 11.3 Å². The molecule has 3 N–H and O–H groups in total. The Hall–Kier alpha value is -3.16. The highest BCUT2D eigenvalue weighted by molar-refractivity contribution is 7.18. The summed E-state index contributed by atoms with van der Waals surface area (Å²) >= 11 is 7.50. The molecule has 0 unspecified atom stereocenters. The fourth-order valence-electron chi connectivity index (χ4n) is 3.12. The van der Waals surface area contributed by atoms with Crippen LogP contribution in [0.15, 0.2) is 54.6 Å². The van der Waals surface area contributed by atoms with E-state index in [2.05, 4.69) is 20.8 Å². The highest BCUT2D eigenvalue weighted by Gasteiger charge is 2.15. The normalized spacial score (nSPS) is 10.9. The molecular weight excluding hydrogens is 420 g/mol. The van der Waals surface area contributed by atoms with Crippen LogP contribution in [0.5, 0.6) is 0 Å². The van der Waals surface area contributed by atoms with Gasteiger partial charge in [0.2, 0.25) is 11.8 Å². The molecule has 2 amide bonds. The summed E-state index contributed by atoms with van der Waals surface area (Å²) in [6.45, 7) is 1.98. The van der Waals surface area contributed by atoms with Gasteiger partial charge in [-0.3, -0.25) is 14.7 Å². The number of halogens is 1. The predicted octanol–water partition coefficient (Wildman–Crippen LogP) is 4.95. The van der Waals surface area contributed by atoms with E-state index >= 15 is 0 Å². The molecule has 8 heteroatoms. The minimum absolute atomic E-state index is 0.126. The van der Waals surface area contributed by atoms with Crippen LogP contribution in [0.3, 0.4) is 0 Å². The molecule has 0 atom stereocenters. The number of aromatic amines is 1. The molecule has 0 saturated carbocycles. The molecule has 30 heavy (non-hydrogen) atoms. The van der Waals surface area contributed by atoms with E-state index < -0.39 is 0 Å². The lowest BCUT2D eigenvalue weighted by Gasteiger charge is -2.06. The monoisotopic (exact) mass is 438 g/mol. The van der Waals surface area contributed by atoms with E-state index in [0.29, 0.717) is 16.5 Å². The maximum absolute atomic E-state index is 12.5. The molecule has 0 radical (unpaired) electrons. The zero-order valence-electron chi connectivity index (χ0n) is 16.2. The van der Waals surface area contributed by atoms with Crippen molar-refractivity contribution in [3.63, 3.8) is 0 Å². The van der Waals surface area contributed by atoms with Crippen molar-refractivity contribution in [3.05, 3.63) is 75.6 Å². The summed E-state index contributed by atoms with van der Waals surface area (Å²) in [6.07, 6.45) is 0.479. The fraction of sp³-hybridized carbons (Fsp3) is 0.136. The Morgan fingerprint density at radius 3 is 2.57 bits per heavy atom. The second-order valence-electron chi connectivity index (χ2n) is 6.89. The molecule has 4 rings (SSSR count). The summed E-state index contributed by atoms with van der Waals surface area (Å²) in [7, 11) is 0. The number of H-pyrrole nitrogens is 1. The maximum Gasteiger partial charge on any atom is 0.229 e. The van der Waals surface area contributed by atoms with Gasteiger partial charge in [0.05, 0.1) is 28.9 Å². The van der Waals surface area contributed by atoms with Gasteiger partial charge in [0.15, 0.2) is 0 Å². The number of aryl methyl sites for hydroxylation is 1. The lowest BCUT2D eigenvalue weighted by Crippen LogP contribution is -2.15. The first kappa shape index (κ1) is 20.1. The van der Waals surface area contributed by atoms with Gasteiger partial charge in [-0.05, 0) is 36.2 Å². The van der Waals surface area contributed by atoms with Crippen LogP contribution in [-0.4, -0.2) is 22.0 Å². The van der Waals surface area contributed by atoms with Crippen LogP contribution in [0.2, 0.25) is 5.02 Å². The SMILES string of the molecule is Cc1ccccc1CC(=O)Nc1[nH]nc2sc(CC(=O)Nc3ccccc3Cl)cc12. The molecule has 4 aromatic rings. The second kappa shape index (κ2) is 8.69. The smallest absolute Gasteiger partial charge is 0.229 e. The first-order valence-electron chi connectivity index (χ1n) is 9.35. The lowest BCUT2D eigenvalue weighted by molar-refractivity contribution is -0.116. The number of fused-ring (bicyclic) bond motifs is 1. The summed E-state index contributed by atoms with van der Waals surface area (Å²) < 4.78 is 0. The van der Waals surface area contributed by atoms with E-state index in [4.69, 9.17) is 11.6 Å². The van der Waals surface area contributed by atoms with E-state index in [1.54, 1.807) is 18.2 Å². The number of carbonyl (C=O) groups is 2. The molecule has 0 spiro atoms. The van der Waals surface area contributed by atoms with Gasteiger partial charge in [0, 0.05) is 4.88 Å². The third-order valence-electron chi connectivity index (χ3n) is 4.66. The number of thiophene rings is 1. The number of para-hydroxylation sites is 1. The van der Waals surface area contributed by atoms with Crippen molar-refractivity contribution in [2.75, 3.05) is 10.6 Å². The third kappa shape index (κ3) is 4.53. The van der Waals surface area contributed by atoms with Crippen molar-refractivity contribution < 1.29 is 9.59 Å². The standard InChI is InChI=1S/C22H19ClN4O2S/c1-13-6-2-3-7-14(13)10-19(28)25-21-16-11-15(30-22(16)27-26-21)12-20(29)24-18-9-5-4-8-17(18)23/h2-9,11H,10,12H2,1H3,(H,24,29)(H2,25,26,27,28). The molecule has 0 bridgehead atoms. The lowest BCUT2D eigenvalue weighted by atomic mass is 10.1. The van der Waals surface area contributed by atoms with Crippen molar-refractivity contribution in [2.45, 2.75) is 19.8 Å². The average molecular weight is 439 g/mol. The van der Waals surface area contributed by atoms with Crippen LogP contribution < -0.4 is 10.6 Å². The van der Waals surface area contributed by atoms with Crippen molar-refractivity contribution >= 4 is 56.5 Å². The quantitative estimate of drug-likeness (QED) is 0.398. The topological polar surface area (TPSA) is 86.9 Å². The number of hydrogen-bond acceptors (Lipinski definition) is 4. The van der Waals surface area contributed by atoms with E-state index in [1.807, 2.05) is 43.3 Å². The number of benzene rings is 2. The molecule has 0 aliphatic rings. The first-order chi connectivity index (χ1) is 14.5. The van der Waals surface area contributed by atoms with Crippen LogP contribution in [-0.2, 0) is 22.4 Å². The van der Waals surface area contributed by atoms with Crippen LogP contribution in [0.1, 0.15) is 16.0 Å². The largest absolute Gasteiger partial charge is 0.324 e. The van der Waals surface area contributed by atoms with Crippen LogP contribution in [0, 0.1) is 6.92 Å². The molecule has 0 saturated heterocycles. The second-order valence-corrected chi connectivity index (χ2v) is 8.41. The van der Waals surface area contributed by atoms with Crippen molar-refractivity contribution in [3.8, 4) is 0 Å². The molecule has 2 aromatic carbocycles. The summed E-state index contributed by atoms with van der Waals surface area (Å²) in [6, 6.07) is 16.8. The number of nitrogens with one attached hydrogen (secondary N) is 3. The highest BCUT2D eigenvalue weighted by Crippen LogP contribution is 2.30. The van der Waals surface area contributed by atoms with Gasteiger partial charge in [0.25, 0.3) is 0 Å². The number of aromatic nitrogens is 2. The van der Waals surface area contributed by atoms with Gasteiger partial charge in [0.1, 0.15) is 10.6 Å². The van der Waals surface area contributed by atoms with Crippen molar-refractivity contribution in [1.82, 2.24) is 10.2 Å². The van der Waals surface area contributed by atoms with Gasteiger partial charge < -0.3 is 10.6 Å². The Kier molecular flexibility index (Phi) is 5.83. The zero-order chi connectivity index (χ0) is 21.1. The minimum Gasteiger partial charge on any atom is -0.324 e. The Morgan fingerprint density at radius 2 is 1.77 bits per heavy atom. The Balaban J connectivity index is 1.43. The zero-order valence-corrected chi connectivity index (χ0v) is 17.7. The van der Waals surface area contributed by atoms with Crippen molar-refractivity contribution in [2.24, 2.45) is 0 Å². The van der Waals surface area contributed by atoms with Crippen LogP contribution in [0.25, 0.3) is 10.2 Å². The summed E-state index contributed by atoms with van der Waals surface area (Å²) in [5, 5.41) is 14.1. The number of amides is 2. The van der Waals surface area contributed by atoms with E-state index in [1.165, 1.54) is 11.3 Å². The molecule has 2 heterocycles. The number of rotatable bonds is 6. The maximum atomic E-state index is 12.5. The van der Waals surface area contributed by atoms with Crippen LogP contribution >= 0.6 is 22.9 Å². The average Bonchev–Trinajstić information content (AvgIpc) is 3.26. The summed E-state index contributed by atoms with van der Waals surface area (Å²) in [5.41, 5.74) is 2.63. The first-order valence-corrected chi connectivity index (χ1v) is 10.5. The Morgan fingerprint density at radius 1 is 1.03 bits per heavy atom. The highest BCUT2D eigenvalue weighted by atomic mass is 35.5. The number of carbonyl (C=O) groups excluding carboxylic acids is 2. The minimum atomic E-state index is -0.166. The summed E-state index contributed by atoms with van der Waals surface area (Å²) in [4.78, 5) is 26.4. The predicted molar refractivity (Wildman–Crippen MR) is 121 cm³/mol. The number of anilines is 2. The van der Waals surface area contributed by atoms with Gasteiger partial charge in [-0.25, -0.2) is 0 Å². The van der Waals surface area contributed by atoms with Gasteiger partial charge >= 0.3 is 0 Å². The molecule has 152 valence electrons. The fourth-order valence-corrected chi connectivity index (χ4v) is 4.30. The van der Waals surface area contributed by atoms with Gasteiger partial charge in [-0.2, -0.15) is 5.10 Å². The summed E-state index contributed by atoms with van der Waals surface area (Å²) in [5.74, 6) is 0.248. The van der Waals surface area contributed by atoms with Crippen LogP contribution in [0.4, 0.5) is 11.5 Å². The molecule has 6 nitrogen and oxygen atoms in total. The van der Waals surface area contributed by atoms with E-state index in [9.17, 15) is 9.59 Å². The Bertz CT molecular complexity index is 1230. The third-order valence-corrected chi connectivity index (χ3v) is 6.02. The molecule has 0 aliphatic heterocycles. The van der Waals surface area contributed by atoms with Crippen molar-refractivity contribution in [1.29, 1.82) is 0 Å². The Labute approximate surface area is 182 Å². The van der Waals surface area contributed by atoms with E-state index in [0.717, 1.165) is 26.2 Å². The van der Waals surface area contributed by atoms with Gasteiger partial charge in [-0.1, -0.05) is 48.0 Å². The molecule has 2 aromatic heterocycles.